The third-order valence-electron chi connectivity index (χ3n) is 0.789. The predicted molar refractivity (Wildman–Crippen MR) is 33.1 cm³/mol. The molecular weight excluding hydrogens is 138 g/mol. The predicted octanol–water partition coefficient (Wildman–Crippen LogP) is -1.06. The van der Waals surface area contributed by atoms with Crippen LogP contribution in [0.2, 0.25) is 0 Å². The van der Waals surface area contributed by atoms with Gasteiger partial charge >= 0.3 is 11.6 Å². The van der Waals surface area contributed by atoms with Crippen molar-refractivity contribution in [2.75, 3.05) is 0 Å². The van der Waals surface area contributed by atoms with Crippen molar-refractivity contribution in [1.29, 1.82) is 0 Å². The Morgan fingerprint density at radius 3 is 1.90 bits per heavy atom. The molecule has 0 fully saturated rings. The van der Waals surface area contributed by atoms with Crippen molar-refractivity contribution in [2.45, 2.75) is 6.92 Å². The number of hydrogen-bond acceptors (Lipinski definition) is 4. The van der Waals surface area contributed by atoms with Crippen LogP contribution in [0.25, 0.3) is 0 Å². The van der Waals surface area contributed by atoms with E-state index in [1.165, 1.54) is 6.92 Å². The van der Waals surface area contributed by atoms with Gasteiger partial charge in [0.25, 0.3) is 0 Å². The fourth-order valence-electron chi connectivity index (χ4n) is 0.428. The van der Waals surface area contributed by atoms with Gasteiger partial charge in [0.15, 0.2) is 0 Å². The van der Waals surface area contributed by atoms with E-state index in [2.05, 4.69) is 5.73 Å². The van der Waals surface area contributed by atoms with Gasteiger partial charge in [-0.15, -0.1) is 0 Å². The molecule has 56 valence electrons. The fourth-order valence-corrected chi connectivity index (χ4v) is 0.428. The first-order valence-electron chi connectivity index (χ1n) is 2.37. The largest absolute Gasteiger partial charge is 0.397 e. The molecule has 0 aromatic heterocycles. The minimum absolute atomic E-state index is 0.183. The molecule has 6 nitrogen and oxygen atoms in total. The van der Waals surface area contributed by atoms with Crippen LogP contribution in [0.15, 0.2) is 11.4 Å². The van der Waals surface area contributed by atoms with Gasteiger partial charge in [-0.25, -0.2) is 0 Å². The van der Waals surface area contributed by atoms with Crippen molar-refractivity contribution in [3.63, 3.8) is 0 Å². The lowest BCUT2D eigenvalue weighted by atomic mass is 10.3. The Balaban J connectivity index is 4.79. The highest BCUT2D eigenvalue weighted by Gasteiger charge is 2.20. The van der Waals surface area contributed by atoms with Gasteiger partial charge in [0, 0.05) is 0 Å². The number of rotatable bonds is 2. The Morgan fingerprint density at radius 2 is 1.90 bits per heavy atom. The molecule has 0 aromatic rings. The summed E-state index contributed by atoms with van der Waals surface area (Å²) in [5.41, 5.74) is 8.66. The topological polar surface area (TPSA) is 112 Å². The smallest absolute Gasteiger partial charge is 0.351 e. The van der Waals surface area contributed by atoms with E-state index in [0.29, 0.717) is 0 Å². The van der Waals surface area contributed by atoms with Crippen LogP contribution in [0.5, 0.6) is 0 Å². The zero-order valence-corrected chi connectivity index (χ0v) is 5.33. The molecule has 1 amide bonds. The Morgan fingerprint density at radius 1 is 1.50 bits per heavy atom. The quantitative estimate of drug-likeness (QED) is 0.293. The molecular formula is C4H7N3O3. The molecule has 0 heterocycles. The second-order valence-electron chi connectivity index (χ2n) is 1.65. The summed E-state index contributed by atoms with van der Waals surface area (Å²) in [4.78, 5) is 19.3. The van der Waals surface area contributed by atoms with Gasteiger partial charge in [-0.2, -0.15) is 0 Å². The monoisotopic (exact) mass is 145 g/mol. The lowest BCUT2D eigenvalue weighted by Crippen LogP contribution is -2.23. The Kier molecular flexibility index (Phi) is 2.36. The van der Waals surface area contributed by atoms with Gasteiger partial charge in [-0.1, -0.05) is 0 Å². The first kappa shape index (κ1) is 8.41. The average molecular weight is 145 g/mol. The maximum absolute atomic E-state index is 10.2. The summed E-state index contributed by atoms with van der Waals surface area (Å²) in [6.07, 6.45) is 0. The minimum Gasteiger partial charge on any atom is -0.397 e. The molecule has 0 saturated heterocycles. The van der Waals surface area contributed by atoms with Crippen molar-refractivity contribution in [3.05, 3.63) is 21.5 Å². The molecule has 0 bridgehead atoms. The number of carbonyl (C=O) groups is 1. The van der Waals surface area contributed by atoms with E-state index >= 15 is 0 Å². The first-order chi connectivity index (χ1) is 4.46. The summed E-state index contributed by atoms with van der Waals surface area (Å²) in [6.45, 7) is 1.24. The lowest BCUT2D eigenvalue weighted by Gasteiger charge is -1.92. The van der Waals surface area contributed by atoms with Crippen LogP contribution in [-0.2, 0) is 4.79 Å². The van der Waals surface area contributed by atoms with E-state index in [0.717, 1.165) is 0 Å². The molecule has 0 aliphatic carbocycles. The molecule has 0 rings (SSSR count). The van der Waals surface area contributed by atoms with Gasteiger partial charge in [-0.05, 0) is 6.92 Å². The third kappa shape index (κ3) is 1.73. The molecule has 0 atom stereocenters. The maximum atomic E-state index is 10.2. The molecule has 0 aliphatic heterocycles. The molecule has 0 aromatic carbocycles. The SMILES string of the molecule is C/C(N)=C(\C(N)=O)[N+](=O)[O-]. The highest BCUT2D eigenvalue weighted by Crippen LogP contribution is 1.96. The molecule has 10 heavy (non-hydrogen) atoms. The van der Waals surface area contributed by atoms with E-state index in [9.17, 15) is 14.9 Å². The lowest BCUT2D eigenvalue weighted by molar-refractivity contribution is -0.420. The van der Waals surface area contributed by atoms with Crippen molar-refractivity contribution in [2.24, 2.45) is 11.5 Å². The van der Waals surface area contributed by atoms with Gasteiger partial charge < -0.3 is 11.5 Å². The zero-order valence-electron chi connectivity index (χ0n) is 5.33. The number of primary amides is 1. The van der Waals surface area contributed by atoms with Crippen LogP contribution in [0, 0.1) is 10.1 Å². The Bertz CT molecular complexity index is 188. The van der Waals surface area contributed by atoms with E-state index in [1.54, 1.807) is 0 Å². The third-order valence-corrected chi connectivity index (χ3v) is 0.789. The van der Waals surface area contributed by atoms with E-state index in [4.69, 9.17) is 5.73 Å². The van der Waals surface area contributed by atoms with Crippen LogP contribution in [0.4, 0.5) is 0 Å². The highest BCUT2D eigenvalue weighted by molar-refractivity contribution is 5.89. The Labute approximate surface area is 56.6 Å². The van der Waals surface area contributed by atoms with Crippen LogP contribution in [0.1, 0.15) is 6.92 Å². The Hall–Kier alpha value is -1.59. The fraction of sp³-hybridized carbons (Fsp3) is 0.250. The summed E-state index contributed by atoms with van der Waals surface area (Å²) < 4.78 is 0. The number of nitrogens with two attached hydrogens (primary N) is 2. The minimum atomic E-state index is -1.12. The first-order valence-corrected chi connectivity index (χ1v) is 2.37. The van der Waals surface area contributed by atoms with Crippen LogP contribution in [0.3, 0.4) is 0 Å². The van der Waals surface area contributed by atoms with Gasteiger partial charge in [0.1, 0.15) is 0 Å². The van der Waals surface area contributed by atoms with Crippen molar-refractivity contribution >= 4 is 5.91 Å². The van der Waals surface area contributed by atoms with Crippen LogP contribution >= 0.6 is 0 Å². The maximum Gasteiger partial charge on any atom is 0.351 e. The average Bonchev–Trinajstić information content (AvgIpc) is 1.59. The number of carbonyl (C=O) groups excluding carboxylic acids is 1. The number of nitro groups is 1. The van der Waals surface area contributed by atoms with Crippen molar-refractivity contribution < 1.29 is 9.72 Å². The van der Waals surface area contributed by atoms with Gasteiger partial charge in [0.2, 0.25) is 0 Å². The summed E-state index contributed by atoms with van der Waals surface area (Å²) in [5.74, 6) is -1.12. The highest BCUT2D eigenvalue weighted by atomic mass is 16.6. The number of allylic oxidation sites excluding steroid dienone is 1. The summed E-state index contributed by atoms with van der Waals surface area (Å²) in [6, 6.07) is 0. The molecule has 6 heteroatoms. The molecule has 0 saturated carbocycles. The number of amides is 1. The molecule has 4 N–H and O–H groups in total. The van der Waals surface area contributed by atoms with Gasteiger partial charge in [0.05, 0.1) is 10.6 Å². The summed E-state index contributed by atoms with van der Waals surface area (Å²) in [7, 11) is 0. The van der Waals surface area contributed by atoms with Crippen molar-refractivity contribution in [1.82, 2.24) is 0 Å². The van der Waals surface area contributed by atoms with Crippen molar-refractivity contribution in [3.8, 4) is 0 Å². The second kappa shape index (κ2) is 2.81. The summed E-state index contributed by atoms with van der Waals surface area (Å²) in [5, 5.41) is 9.95. The van der Waals surface area contributed by atoms with E-state index < -0.39 is 16.5 Å². The molecule has 0 unspecified atom stereocenters. The van der Waals surface area contributed by atoms with Crippen LogP contribution in [-0.4, -0.2) is 10.8 Å². The van der Waals surface area contributed by atoms with Crippen LogP contribution < -0.4 is 11.5 Å². The molecule has 0 radical (unpaired) electrons. The normalized spacial score (nSPS) is 12.1. The number of hydrogen-bond donors (Lipinski definition) is 2. The summed E-state index contributed by atoms with van der Waals surface area (Å²) >= 11 is 0. The second-order valence-corrected chi connectivity index (χ2v) is 1.65. The van der Waals surface area contributed by atoms with E-state index in [-0.39, 0.29) is 5.70 Å². The number of nitrogens with zero attached hydrogens (tertiary/aromatic N) is 1. The molecule has 0 aliphatic rings. The molecule has 0 spiro atoms. The standard InChI is InChI=1S/C4H7N3O3/c1-2(5)3(4(6)8)7(9)10/h5H2,1H3,(H2,6,8)/b3-2-. The van der Waals surface area contributed by atoms with Gasteiger partial charge in [-0.3, -0.25) is 14.9 Å². The zero-order chi connectivity index (χ0) is 8.31. The van der Waals surface area contributed by atoms with E-state index in [1.807, 2.05) is 0 Å².